The molecule has 0 aliphatic carbocycles. The third-order valence-corrected chi connectivity index (χ3v) is 3.52. The number of carboxylic acid groups (broad SMARTS) is 1. The fourth-order valence-electron chi connectivity index (χ4n) is 1.57. The van der Waals surface area contributed by atoms with Gasteiger partial charge in [-0.2, -0.15) is 0 Å². The second-order valence-electron chi connectivity index (χ2n) is 3.64. The summed E-state index contributed by atoms with van der Waals surface area (Å²) in [5.74, 6) is -0.464. The first-order valence-corrected chi connectivity index (χ1v) is 6.01. The molecule has 0 radical (unpaired) electrons. The molecule has 0 atom stereocenters. The molecule has 1 aromatic rings. The number of hydrogen-bond donors (Lipinski definition) is 1. The molecule has 5 heteroatoms. The molecule has 88 valence electrons. The van der Waals surface area contributed by atoms with Crippen LogP contribution in [0.25, 0.3) is 6.08 Å². The highest BCUT2D eigenvalue weighted by Crippen LogP contribution is 2.35. The quantitative estimate of drug-likeness (QED) is 0.813. The van der Waals surface area contributed by atoms with Crippen LogP contribution in [-0.2, 0) is 9.59 Å². The molecule has 0 saturated carbocycles. The van der Waals surface area contributed by atoms with E-state index < -0.39 is 5.97 Å². The zero-order chi connectivity index (χ0) is 12.4. The van der Waals surface area contributed by atoms with Gasteiger partial charge in [0.25, 0.3) is 0 Å². The van der Waals surface area contributed by atoms with Gasteiger partial charge in [0.15, 0.2) is 0 Å². The summed E-state index contributed by atoms with van der Waals surface area (Å²) >= 11 is 1.48. The number of carboxylic acids is 1. The lowest BCUT2D eigenvalue weighted by molar-refractivity contribution is -0.131. The van der Waals surface area contributed by atoms with Crippen molar-refractivity contribution in [3.63, 3.8) is 0 Å². The summed E-state index contributed by atoms with van der Waals surface area (Å²) in [6, 6.07) is 5.53. The average molecular weight is 249 g/mol. The van der Waals surface area contributed by atoms with E-state index in [-0.39, 0.29) is 5.91 Å². The Morgan fingerprint density at radius 3 is 3.00 bits per heavy atom. The highest BCUT2D eigenvalue weighted by Gasteiger charge is 2.20. The van der Waals surface area contributed by atoms with Crippen LogP contribution in [0.1, 0.15) is 5.56 Å². The van der Waals surface area contributed by atoms with Crippen molar-refractivity contribution in [2.75, 3.05) is 17.7 Å². The molecular formula is C12H11NO3S. The van der Waals surface area contributed by atoms with E-state index in [1.807, 2.05) is 12.1 Å². The fraction of sp³-hybridized carbons (Fsp3) is 0.167. The summed E-state index contributed by atoms with van der Waals surface area (Å²) in [5, 5.41) is 8.55. The molecule has 0 saturated heterocycles. The second-order valence-corrected chi connectivity index (χ2v) is 4.66. The van der Waals surface area contributed by atoms with Gasteiger partial charge in [0.2, 0.25) is 5.91 Å². The predicted molar refractivity (Wildman–Crippen MR) is 67.2 cm³/mol. The van der Waals surface area contributed by atoms with E-state index in [0.29, 0.717) is 5.75 Å². The van der Waals surface area contributed by atoms with E-state index in [0.717, 1.165) is 22.2 Å². The lowest BCUT2D eigenvalue weighted by atomic mass is 10.2. The largest absolute Gasteiger partial charge is 0.478 e. The monoisotopic (exact) mass is 249 g/mol. The van der Waals surface area contributed by atoms with Gasteiger partial charge in [0, 0.05) is 18.0 Å². The molecule has 0 bridgehead atoms. The van der Waals surface area contributed by atoms with Gasteiger partial charge in [0.1, 0.15) is 0 Å². The van der Waals surface area contributed by atoms with E-state index in [9.17, 15) is 9.59 Å². The molecule has 1 heterocycles. The summed E-state index contributed by atoms with van der Waals surface area (Å²) in [7, 11) is 1.74. The Labute approximate surface area is 103 Å². The van der Waals surface area contributed by atoms with Gasteiger partial charge in [-0.3, -0.25) is 4.79 Å². The van der Waals surface area contributed by atoms with Gasteiger partial charge in [-0.1, -0.05) is 6.07 Å². The van der Waals surface area contributed by atoms with Gasteiger partial charge >= 0.3 is 5.97 Å². The van der Waals surface area contributed by atoms with Crippen molar-refractivity contribution in [1.82, 2.24) is 0 Å². The molecule has 1 aliphatic heterocycles. The van der Waals surface area contributed by atoms with Gasteiger partial charge in [-0.15, -0.1) is 11.8 Å². The van der Waals surface area contributed by atoms with E-state index in [1.165, 1.54) is 11.8 Å². The maximum atomic E-state index is 11.5. The number of fused-ring (bicyclic) bond motifs is 1. The first kappa shape index (κ1) is 11.7. The molecule has 2 rings (SSSR count). The topological polar surface area (TPSA) is 57.6 Å². The number of benzene rings is 1. The van der Waals surface area contributed by atoms with Crippen LogP contribution in [0.2, 0.25) is 0 Å². The highest BCUT2D eigenvalue weighted by molar-refractivity contribution is 8.00. The van der Waals surface area contributed by atoms with E-state index in [1.54, 1.807) is 24.1 Å². The Hall–Kier alpha value is -1.75. The first-order valence-electron chi connectivity index (χ1n) is 5.02. The SMILES string of the molecule is CN1C(=O)CSc2cc(/C=C/C(=O)O)ccc21. The normalized spacial score (nSPS) is 15.1. The van der Waals surface area contributed by atoms with Crippen molar-refractivity contribution >= 4 is 35.4 Å². The van der Waals surface area contributed by atoms with Crippen LogP contribution in [0.3, 0.4) is 0 Å². The third kappa shape index (κ3) is 2.50. The van der Waals surface area contributed by atoms with Gasteiger partial charge in [-0.25, -0.2) is 4.79 Å². The minimum atomic E-state index is -0.970. The number of aliphatic carboxylic acids is 1. The Morgan fingerprint density at radius 1 is 1.53 bits per heavy atom. The Bertz CT molecular complexity index is 510. The fourth-order valence-corrected chi connectivity index (χ4v) is 2.61. The number of thioether (sulfide) groups is 1. The van der Waals surface area contributed by atoms with E-state index in [4.69, 9.17) is 5.11 Å². The average Bonchev–Trinajstić information content (AvgIpc) is 2.31. The Kier molecular flexibility index (Phi) is 3.19. The van der Waals surface area contributed by atoms with Crippen LogP contribution < -0.4 is 4.90 Å². The molecule has 1 aromatic carbocycles. The number of carbonyl (C=O) groups excluding carboxylic acids is 1. The van der Waals surface area contributed by atoms with Crippen LogP contribution >= 0.6 is 11.8 Å². The van der Waals surface area contributed by atoms with Crippen molar-refractivity contribution in [1.29, 1.82) is 0 Å². The Morgan fingerprint density at radius 2 is 2.29 bits per heavy atom. The van der Waals surface area contributed by atoms with Crippen molar-refractivity contribution in [2.24, 2.45) is 0 Å². The second kappa shape index (κ2) is 4.63. The summed E-state index contributed by atoms with van der Waals surface area (Å²) in [5.41, 5.74) is 1.69. The summed E-state index contributed by atoms with van der Waals surface area (Å²) in [6.45, 7) is 0. The lowest BCUT2D eigenvalue weighted by Crippen LogP contribution is -2.31. The predicted octanol–water partition coefficient (Wildman–Crippen LogP) is 1.85. The molecule has 0 unspecified atom stereocenters. The summed E-state index contributed by atoms with van der Waals surface area (Å²) in [6.07, 6.45) is 2.64. The zero-order valence-corrected chi connectivity index (χ0v) is 10.0. The molecule has 4 nitrogen and oxygen atoms in total. The van der Waals surface area contributed by atoms with Crippen LogP contribution in [0.4, 0.5) is 5.69 Å². The zero-order valence-electron chi connectivity index (χ0n) is 9.21. The van der Waals surface area contributed by atoms with Crippen LogP contribution in [-0.4, -0.2) is 29.8 Å². The summed E-state index contributed by atoms with van der Waals surface area (Å²) in [4.78, 5) is 24.5. The minimum absolute atomic E-state index is 0.0799. The smallest absolute Gasteiger partial charge is 0.328 e. The van der Waals surface area contributed by atoms with Crippen molar-refractivity contribution < 1.29 is 14.7 Å². The number of amides is 1. The van der Waals surface area contributed by atoms with Crippen LogP contribution in [0.5, 0.6) is 0 Å². The van der Waals surface area contributed by atoms with Crippen LogP contribution in [0, 0.1) is 0 Å². The third-order valence-electron chi connectivity index (χ3n) is 2.49. The molecule has 1 N–H and O–H groups in total. The maximum Gasteiger partial charge on any atom is 0.328 e. The van der Waals surface area contributed by atoms with Crippen molar-refractivity contribution in [2.45, 2.75) is 4.90 Å². The van der Waals surface area contributed by atoms with Crippen molar-refractivity contribution in [3.05, 3.63) is 29.8 Å². The van der Waals surface area contributed by atoms with Gasteiger partial charge in [0.05, 0.1) is 11.4 Å². The number of anilines is 1. The van der Waals surface area contributed by atoms with Crippen LogP contribution in [0.15, 0.2) is 29.2 Å². The number of carbonyl (C=O) groups is 2. The molecule has 1 aliphatic rings. The molecule has 17 heavy (non-hydrogen) atoms. The maximum absolute atomic E-state index is 11.5. The highest BCUT2D eigenvalue weighted by atomic mass is 32.2. The molecular weight excluding hydrogens is 238 g/mol. The van der Waals surface area contributed by atoms with E-state index >= 15 is 0 Å². The molecule has 0 fully saturated rings. The standard InChI is InChI=1S/C12H11NO3S/c1-13-9-4-2-8(3-5-12(15)16)6-10(9)17-7-11(13)14/h2-6H,7H2,1H3,(H,15,16)/b5-3+. The van der Waals surface area contributed by atoms with Gasteiger partial charge in [-0.05, 0) is 23.8 Å². The summed E-state index contributed by atoms with van der Waals surface area (Å²) < 4.78 is 0. The van der Waals surface area contributed by atoms with Gasteiger partial charge < -0.3 is 10.0 Å². The number of hydrogen-bond acceptors (Lipinski definition) is 3. The molecule has 0 aromatic heterocycles. The van der Waals surface area contributed by atoms with Crippen molar-refractivity contribution in [3.8, 4) is 0 Å². The number of rotatable bonds is 2. The van der Waals surface area contributed by atoms with E-state index in [2.05, 4.69) is 0 Å². The Balaban J connectivity index is 2.32. The number of nitrogens with zero attached hydrogens (tertiary/aromatic N) is 1. The molecule has 0 spiro atoms. The first-order chi connectivity index (χ1) is 8.08. The lowest BCUT2D eigenvalue weighted by Gasteiger charge is -2.25. The minimum Gasteiger partial charge on any atom is -0.478 e. The molecule has 1 amide bonds.